The summed E-state index contributed by atoms with van der Waals surface area (Å²) in [6, 6.07) is 6.02. The van der Waals surface area contributed by atoms with Crippen LogP contribution < -0.4 is 10.0 Å². The molecule has 0 unspecified atom stereocenters. The first-order chi connectivity index (χ1) is 8.54. The molecule has 0 fully saturated rings. The van der Waals surface area contributed by atoms with Gasteiger partial charge in [0.05, 0.1) is 11.9 Å². The zero-order chi connectivity index (χ0) is 13.4. The summed E-state index contributed by atoms with van der Waals surface area (Å²) in [7, 11) is -4.14. The second kappa shape index (κ2) is 7.57. The third-order valence-electron chi connectivity index (χ3n) is 2.69. The highest BCUT2D eigenvalue weighted by Crippen LogP contribution is 2.33. The van der Waals surface area contributed by atoms with Crippen LogP contribution in [0.15, 0.2) is 24.3 Å². The first-order valence-electron chi connectivity index (χ1n) is 6.33. The van der Waals surface area contributed by atoms with E-state index in [1.165, 1.54) is 31.4 Å². The summed E-state index contributed by atoms with van der Waals surface area (Å²) >= 11 is 0. The molecule has 1 aromatic carbocycles. The van der Waals surface area contributed by atoms with Gasteiger partial charge in [-0.15, -0.1) is 0 Å². The fourth-order valence-corrected chi connectivity index (χ4v) is 2.17. The van der Waals surface area contributed by atoms with E-state index < -0.39 is 7.60 Å². The third-order valence-corrected chi connectivity index (χ3v) is 3.66. The van der Waals surface area contributed by atoms with Gasteiger partial charge in [0, 0.05) is 0 Å². The van der Waals surface area contributed by atoms with Gasteiger partial charge >= 0.3 is 7.60 Å². The summed E-state index contributed by atoms with van der Waals surface area (Å²) < 4.78 is 16.5. The van der Waals surface area contributed by atoms with Crippen molar-refractivity contribution in [2.24, 2.45) is 0 Å². The Morgan fingerprint density at radius 2 is 1.67 bits per heavy atom. The number of benzene rings is 1. The predicted molar refractivity (Wildman–Crippen MR) is 72.4 cm³/mol. The summed E-state index contributed by atoms with van der Waals surface area (Å²) in [6.07, 6.45) is 5.90. The van der Waals surface area contributed by atoms with Crippen LogP contribution in [0, 0.1) is 0 Å². The lowest BCUT2D eigenvalue weighted by Gasteiger charge is -2.08. The van der Waals surface area contributed by atoms with Crippen molar-refractivity contribution >= 4 is 12.9 Å². The largest absolute Gasteiger partial charge is 0.494 e. The smallest absolute Gasteiger partial charge is 0.356 e. The first kappa shape index (κ1) is 15.2. The molecule has 0 bridgehead atoms. The topological polar surface area (TPSA) is 66.8 Å². The van der Waals surface area contributed by atoms with Crippen molar-refractivity contribution in [3.63, 3.8) is 0 Å². The molecule has 18 heavy (non-hydrogen) atoms. The number of hydrogen-bond donors (Lipinski definition) is 2. The van der Waals surface area contributed by atoms with Crippen LogP contribution in [0.4, 0.5) is 0 Å². The van der Waals surface area contributed by atoms with Gasteiger partial charge in [-0.05, 0) is 30.7 Å². The molecule has 5 heteroatoms. The van der Waals surface area contributed by atoms with E-state index in [0.717, 1.165) is 12.8 Å². The molecule has 0 aliphatic carbocycles. The normalized spacial score (nSPS) is 11.5. The van der Waals surface area contributed by atoms with Crippen molar-refractivity contribution in [3.05, 3.63) is 24.3 Å². The average Bonchev–Trinajstić information content (AvgIpc) is 2.33. The Balaban J connectivity index is 2.29. The predicted octanol–water partition coefficient (Wildman–Crippen LogP) is 2.84. The molecular weight excluding hydrogens is 251 g/mol. The molecular formula is C13H21O4P. The molecule has 0 spiro atoms. The number of hydrogen-bond acceptors (Lipinski definition) is 2. The van der Waals surface area contributed by atoms with Gasteiger partial charge < -0.3 is 14.5 Å². The minimum atomic E-state index is -4.14. The van der Waals surface area contributed by atoms with E-state index >= 15 is 0 Å². The number of unbranched alkanes of at least 4 members (excludes halogenated alkanes) is 4. The zero-order valence-corrected chi connectivity index (χ0v) is 11.6. The van der Waals surface area contributed by atoms with E-state index in [-0.39, 0.29) is 5.30 Å². The van der Waals surface area contributed by atoms with Crippen LogP contribution in [-0.4, -0.2) is 16.4 Å². The van der Waals surface area contributed by atoms with Gasteiger partial charge in [0.2, 0.25) is 0 Å². The molecule has 2 N–H and O–H groups in total. The lowest BCUT2D eigenvalue weighted by Crippen LogP contribution is -2.04. The van der Waals surface area contributed by atoms with Crippen LogP contribution in [0.2, 0.25) is 0 Å². The van der Waals surface area contributed by atoms with Crippen LogP contribution >= 0.6 is 7.60 Å². The van der Waals surface area contributed by atoms with E-state index in [4.69, 9.17) is 14.5 Å². The standard InChI is InChI=1S/C13H21O4P/c1-2-3-4-5-6-11-17-12-7-9-13(10-8-12)18(14,15)16/h7-10H,2-6,11H2,1H3,(H2,14,15,16). The maximum absolute atomic E-state index is 11.0. The van der Waals surface area contributed by atoms with Gasteiger partial charge in [0.1, 0.15) is 5.75 Å². The fraction of sp³-hybridized carbons (Fsp3) is 0.538. The van der Waals surface area contributed by atoms with Gasteiger partial charge in [-0.3, -0.25) is 4.57 Å². The van der Waals surface area contributed by atoms with Crippen LogP contribution in [0.1, 0.15) is 39.0 Å². The quantitative estimate of drug-likeness (QED) is 0.564. The number of rotatable bonds is 8. The van der Waals surface area contributed by atoms with Crippen molar-refractivity contribution in [1.82, 2.24) is 0 Å². The summed E-state index contributed by atoms with van der Waals surface area (Å²) in [5.74, 6) is 0.655. The Bertz CT molecular complexity index is 382. The van der Waals surface area contributed by atoms with Crippen molar-refractivity contribution in [2.45, 2.75) is 39.0 Å². The highest BCUT2D eigenvalue weighted by molar-refractivity contribution is 7.60. The molecule has 0 aliphatic rings. The molecule has 0 saturated heterocycles. The molecule has 0 aromatic heterocycles. The van der Waals surface area contributed by atoms with Crippen LogP contribution in [0.25, 0.3) is 0 Å². The minimum absolute atomic E-state index is 0.0257. The Kier molecular flexibility index (Phi) is 6.41. The maximum Gasteiger partial charge on any atom is 0.356 e. The molecule has 0 radical (unpaired) electrons. The van der Waals surface area contributed by atoms with Crippen LogP contribution in [0.5, 0.6) is 5.75 Å². The molecule has 1 aromatic rings. The van der Waals surface area contributed by atoms with Gasteiger partial charge in [0.15, 0.2) is 0 Å². The Morgan fingerprint density at radius 3 is 2.22 bits per heavy atom. The zero-order valence-electron chi connectivity index (χ0n) is 10.7. The van der Waals surface area contributed by atoms with Crippen LogP contribution in [-0.2, 0) is 4.57 Å². The van der Waals surface area contributed by atoms with E-state index in [1.54, 1.807) is 12.1 Å². The van der Waals surface area contributed by atoms with E-state index in [9.17, 15) is 4.57 Å². The monoisotopic (exact) mass is 272 g/mol. The summed E-state index contributed by atoms with van der Waals surface area (Å²) in [5.41, 5.74) is 0. The van der Waals surface area contributed by atoms with Crippen molar-refractivity contribution in [3.8, 4) is 5.75 Å². The van der Waals surface area contributed by atoms with Crippen molar-refractivity contribution in [1.29, 1.82) is 0 Å². The Hall–Kier alpha value is -0.830. The number of ether oxygens (including phenoxy) is 1. The van der Waals surface area contributed by atoms with Gasteiger partial charge in [-0.1, -0.05) is 32.6 Å². The molecule has 0 saturated carbocycles. The molecule has 1 rings (SSSR count). The SMILES string of the molecule is CCCCCCCOc1ccc(P(=O)(O)O)cc1. The fourth-order valence-electron chi connectivity index (χ4n) is 1.63. The molecule has 0 amide bonds. The third kappa shape index (κ3) is 5.67. The van der Waals surface area contributed by atoms with Gasteiger partial charge in [-0.2, -0.15) is 0 Å². The maximum atomic E-state index is 11.0. The highest BCUT2D eigenvalue weighted by Gasteiger charge is 2.16. The minimum Gasteiger partial charge on any atom is -0.494 e. The molecule has 0 aliphatic heterocycles. The molecule has 102 valence electrons. The molecule has 4 nitrogen and oxygen atoms in total. The van der Waals surface area contributed by atoms with Crippen molar-refractivity contribution in [2.75, 3.05) is 6.61 Å². The second-order valence-corrected chi connectivity index (χ2v) is 5.91. The first-order valence-corrected chi connectivity index (χ1v) is 7.94. The summed E-state index contributed by atoms with van der Waals surface area (Å²) in [6.45, 7) is 2.83. The Morgan fingerprint density at radius 1 is 1.06 bits per heavy atom. The Labute approximate surface area is 108 Å². The lowest BCUT2D eigenvalue weighted by atomic mass is 10.2. The summed E-state index contributed by atoms with van der Waals surface area (Å²) in [5, 5.41) is 0.0257. The lowest BCUT2D eigenvalue weighted by molar-refractivity contribution is 0.304. The highest BCUT2D eigenvalue weighted by atomic mass is 31.2. The molecule has 0 atom stereocenters. The second-order valence-electron chi connectivity index (χ2n) is 4.30. The van der Waals surface area contributed by atoms with Crippen LogP contribution in [0.3, 0.4) is 0 Å². The van der Waals surface area contributed by atoms with Gasteiger partial charge in [0.25, 0.3) is 0 Å². The van der Waals surface area contributed by atoms with E-state index in [1.807, 2.05) is 0 Å². The average molecular weight is 272 g/mol. The van der Waals surface area contributed by atoms with Gasteiger partial charge in [-0.25, -0.2) is 0 Å². The summed E-state index contributed by atoms with van der Waals surface area (Å²) in [4.78, 5) is 17.9. The van der Waals surface area contributed by atoms with E-state index in [2.05, 4.69) is 6.92 Å². The van der Waals surface area contributed by atoms with Crippen molar-refractivity contribution < 1.29 is 19.1 Å². The van der Waals surface area contributed by atoms with E-state index in [0.29, 0.717) is 12.4 Å². The molecule has 0 heterocycles.